The van der Waals surface area contributed by atoms with Crippen LogP contribution < -0.4 is 15.1 Å². The van der Waals surface area contributed by atoms with Gasteiger partial charge in [-0.2, -0.15) is 4.98 Å². The van der Waals surface area contributed by atoms with Crippen molar-refractivity contribution >= 4 is 34.8 Å². The van der Waals surface area contributed by atoms with Crippen molar-refractivity contribution < 1.29 is 4.79 Å². The average molecular weight is 458 g/mol. The summed E-state index contributed by atoms with van der Waals surface area (Å²) in [6, 6.07) is 17.7. The van der Waals surface area contributed by atoms with Crippen LogP contribution in [0.1, 0.15) is 15.4 Å². The molecule has 1 fully saturated rings. The Kier molecular flexibility index (Phi) is 5.95. The van der Waals surface area contributed by atoms with E-state index in [2.05, 4.69) is 35.1 Å². The van der Waals surface area contributed by atoms with Gasteiger partial charge in [0, 0.05) is 44.1 Å². The third kappa shape index (κ3) is 4.68. The molecule has 1 aliphatic heterocycles. The summed E-state index contributed by atoms with van der Waals surface area (Å²) >= 11 is 1.37. The van der Waals surface area contributed by atoms with Crippen LogP contribution in [0.4, 0.5) is 17.6 Å². The van der Waals surface area contributed by atoms with E-state index in [9.17, 15) is 4.79 Å². The van der Waals surface area contributed by atoms with E-state index in [1.54, 1.807) is 6.20 Å². The highest BCUT2D eigenvalue weighted by Gasteiger charge is 2.21. The van der Waals surface area contributed by atoms with E-state index in [-0.39, 0.29) is 5.91 Å². The van der Waals surface area contributed by atoms with E-state index in [1.165, 1.54) is 11.3 Å². The van der Waals surface area contributed by atoms with Gasteiger partial charge in [0.15, 0.2) is 0 Å². The largest absolute Gasteiger partial charge is 0.353 e. The van der Waals surface area contributed by atoms with E-state index in [4.69, 9.17) is 0 Å². The Morgan fingerprint density at radius 1 is 0.848 bits per heavy atom. The molecule has 0 aliphatic carbocycles. The molecule has 0 saturated carbocycles. The molecule has 4 aromatic rings. The summed E-state index contributed by atoms with van der Waals surface area (Å²) in [5.74, 6) is 1.83. The number of rotatable bonds is 5. The number of aromatic nitrogens is 4. The summed E-state index contributed by atoms with van der Waals surface area (Å²) in [6.07, 6.45) is 3.49. The summed E-state index contributed by atoms with van der Waals surface area (Å²) in [4.78, 5) is 35.8. The summed E-state index contributed by atoms with van der Waals surface area (Å²) in [7, 11) is 0. The number of carbonyl (C=O) groups is 1. The minimum Gasteiger partial charge on any atom is -0.353 e. The minimum absolute atomic E-state index is 0.246. The average Bonchev–Trinajstić information content (AvgIpc) is 3.27. The standard InChI is InChI=1S/C24H23N7OS/c1-17-21(33-23(27-17)18-7-3-2-4-8-18)22(32)29-24-26-12-10-20(28-24)31-15-13-30(14-16-31)19-9-5-6-11-25-19/h2-12H,13-16H2,1H3,(H,26,28,29,32). The fourth-order valence-corrected chi connectivity index (χ4v) is 4.73. The summed E-state index contributed by atoms with van der Waals surface area (Å²) in [5, 5.41) is 3.66. The number of aryl methyl sites for hydroxylation is 1. The highest BCUT2D eigenvalue weighted by molar-refractivity contribution is 7.17. The molecule has 1 saturated heterocycles. The number of amides is 1. The second kappa shape index (κ2) is 9.33. The molecular formula is C24H23N7OS. The molecular weight excluding hydrogens is 434 g/mol. The SMILES string of the molecule is Cc1nc(-c2ccccc2)sc1C(=O)Nc1nccc(N2CCN(c3ccccn3)CC2)n1. The smallest absolute Gasteiger partial charge is 0.270 e. The van der Waals surface area contributed by atoms with Crippen molar-refractivity contribution in [2.75, 3.05) is 41.3 Å². The van der Waals surface area contributed by atoms with Crippen molar-refractivity contribution in [1.82, 2.24) is 19.9 Å². The third-order valence-corrected chi connectivity index (χ3v) is 6.67. The molecule has 0 spiro atoms. The number of nitrogens with one attached hydrogen (secondary N) is 1. The fourth-order valence-electron chi connectivity index (χ4n) is 3.76. The maximum atomic E-state index is 12.9. The van der Waals surface area contributed by atoms with Gasteiger partial charge in [-0.05, 0) is 25.1 Å². The van der Waals surface area contributed by atoms with Crippen LogP contribution in [0.15, 0.2) is 67.0 Å². The predicted octanol–water partition coefficient (Wildman–Crippen LogP) is 3.88. The van der Waals surface area contributed by atoms with Gasteiger partial charge in [0.2, 0.25) is 5.95 Å². The third-order valence-electron chi connectivity index (χ3n) is 5.47. The van der Waals surface area contributed by atoms with Crippen molar-refractivity contribution in [2.45, 2.75) is 6.92 Å². The van der Waals surface area contributed by atoms with Crippen molar-refractivity contribution in [2.24, 2.45) is 0 Å². The highest BCUT2D eigenvalue weighted by Crippen LogP contribution is 2.28. The van der Waals surface area contributed by atoms with Crippen LogP contribution in [0, 0.1) is 6.92 Å². The number of thiazole rings is 1. The summed E-state index contributed by atoms with van der Waals surface area (Å²) < 4.78 is 0. The second-order valence-corrected chi connectivity index (χ2v) is 8.65. The van der Waals surface area contributed by atoms with Crippen LogP contribution in [-0.2, 0) is 0 Å². The first-order valence-electron chi connectivity index (χ1n) is 10.8. The lowest BCUT2D eigenvalue weighted by atomic mass is 10.2. The lowest BCUT2D eigenvalue weighted by molar-refractivity contribution is 0.102. The Morgan fingerprint density at radius 2 is 1.58 bits per heavy atom. The molecule has 0 bridgehead atoms. The van der Waals surface area contributed by atoms with E-state index < -0.39 is 0 Å². The number of hydrogen-bond acceptors (Lipinski definition) is 8. The maximum Gasteiger partial charge on any atom is 0.270 e. The van der Waals surface area contributed by atoms with Crippen LogP contribution in [0.5, 0.6) is 0 Å². The molecule has 0 atom stereocenters. The Morgan fingerprint density at radius 3 is 2.30 bits per heavy atom. The van der Waals surface area contributed by atoms with Gasteiger partial charge >= 0.3 is 0 Å². The molecule has 0 unspecified atom stereocenters. The van der Waals surface area contributed by atoms with Crippen LogP contribution in [-0.4, -0.2) is 52.0 Å². The van der Waals surface area contributed by atoms with Crippen molar-refractivity contribution in [3.05, 3.63) is 77.6 Å². The summed E-state index contributed by atoms with van der Waals surface area (Å²) in [5.41, 5.74) is 1.69. The highest BCUT2D eigenvalue weighted by atomic mass is 32.1. The first kappa shape index (κ1) is 21.0. The molecule has 8 nitrogen and oxygen atoms in total. The van der Waals surface area contributed by atoms with Gasteiger partial charge in [0.05, 0.1) is 5.69 Å². The lowest BCUT2D eigenvalue weighted by Gasteiger charge is -2.36. The molecule has 166 valence electrons. The monoisotopic (exact) mass is 457 g/mol. The molecule has 1 N–H and O–H groups in total. The zero-order chi connectivity index (χ0) is 22.6. The Balaban J connectivity index is 1.26. The second-order valence-electron chi connectivity index (χ2n) is 7.65. The van der Waals surface area contributed by atoms with Gasteiger partial charge < -0.3 is 9.80 Å². The molecule has 4 heterocycles. The van der Waals surface area contributed by atoms with Crippen molar-refractivity contribution in [3.8, 4) is 10.6 Å². The van der Waals surface area contributed by atoms with E-state index in [1.807, 2.05) is 67.7 Å². The normalized spacial score (nSPS) is 13.7. The maximum absolute atomic E-state index is 12.9. The van der Waals surface area contributed by atoms with E-state index in [0.717, 1.165) is 48.4 Å². The van der Waals surface area contributed by atoms with Crippen LogP contribution in [0.3, 0.4) is 0 Å². The predicted molar refractivity (Wildman–Crippen MR) is 131 cm³/mol. The number of nitrogens with zero attached hydrogens (tertiary/aromatic N) is 6. The molecule has 9 heteroatoms. The van der Waals surface area contributed by atoms with Gasteiger partial charge in [-0.25, -0.2) is 15.0 Å². The van der Waals surface area contributed by atoms with Crippen molar-refractivity contribution in [3.63, 3.8) is 0 Å². The van der Waals surface area contributed by atoms with Gasteiger partial charge in [0.25, 0.3) is 5.91 Å². The van der Waals surface area contributed by atoms with E-state index in [0.29, 0.717) is 16.5 Å². The van der Waals surface area contributed by atoms with E-state index >= 15 is 0 Å². The Labute approximate surface area is 196 Å². The molecule has 1 aliphatic rings. The molecule has 5 rings (SSSR count). The Hall–Kier alpha value is -3.85. The molecule has 3 aromatic heterocycles. The van der Waals surface area contributed by atoms with Gasteiger partial charge in [-0.1, -0.05) is 36.4 Å². The quantitative estimate of drug-likeness (QED) is 0.487. The number of carbonyl (C=O) groups excluding carboxylic acids is 1. The van der Waals surface area contributed by atoms with Crippen LogP contribution in [0.25, 0.3) is 10.6 Å². The first-order valence-corrected chi connectivity index (χ1v) is 11.6. The molecule has 1 aromatic carbocycles. The molecule has 33 heavy (non-hydrogen) atoms. The van der Waals surface area contributed by atoms with Crippen molar-refractivity contribution in [1.29, 1.82) is 0 Å². The van der Waals surface area contributed by atoms with Crippen LogP contribution >= 0.6 is 11.3 Å². The summed E-state index contributed by atoms with van der Waals surface area (Å²) in [6.45, 7) is 5.18. The minimum atomic E-state index is -0.246. The number of anilines is 3. The van der Waals surface area contributed by atoms with Gasteiger partial charge in [-0.3, -0.25) is 10.1 Å². The first-order chi connectivity index (χ1) is 16.2. The number of pyridine rings is 1. The lowest BCUT2D eigenvalue weighted by Crippen LogP contribution is -2.47. The number of piperazine rings is 1. The topological polar surface area (TPSA) is 87.1 Å². The van der Waals surface area contributed by atoms with Crippen LogP contribution in [0.2, 0.25) is 0 Å². The molecule has 1 amide bonds. The Bertz CT molecular complexity index is 1240. The number of hydrogen-bond donors (Lipinski definition) is 1. The zero-order valence-electron chi connectivity index (χ0n) is 18.2. The number of benzene rings is 1. The van der Waals surface area contributed by atoms with Gasteiger partial charge in [0.1, 0.15) is 21.5 Å². The fraction of sp³-hybridized carbons (Fsp3) is 0.208. The van der Waals surface area contributed by atoms with Gasteiger partial charge in [-0.15, -0.1) is 11.3 Å². The molecule has 0 radical (unpaired) electrons. The zero-order valence-corrected chi connectivity index (χ0v) is 19.0.